The van der Waals surface area contributed by atoms with Crippen LogP contribution in [-0.2, 0) is 6.54 Å². The van der Waals surface area contributed by atoms with Gasteiger partial charge in [0.1, 0.15) is 6.07 Å². The number of anilines is 2. The average molecular weight is 364 g/mol. The molecule has 0 spiro atoms. The van der Waals surface area contributed by atoms with Crippen LogP contribution in [0, 0.1) is 11.3 Å². The van der Waals surface area contributed by atoms with Crippen LogP contribution in [0.25, 0.3) is 0 Å². The van der Waals surface area contributed by atoms with Gasteiger partial charge in [-0.1, -0.05) is 41.9 Å². The Hall–Kier alpha value is -3.43. The van der Waals surface area contributed by atoms with Crippen LogP contribution in [0.3, 0.4) is 0 Å². The number of nitriles is 1. The largest absolute Gasteiger partial charge is 0.350 e. The Balaban J connectivity index is 1.65. The van der Waals surface area contributed by atoms with Gasteiger partial charge in [0.15, 0.2) is 0 Å². The van der Waals surface area contributed by atoms with E-state index in [1.807, 2.05) is 30.3 Å². The average Bonchev–Trinajstić information content (AvgIpc) is 2.68. The van der Waals surface area contributed by atoms with Gasteiger partial charge in [-0.15, -0.1) is 0 Å². The Morgan fingerprint density at radius 3 is 2.50 bits per heavy atom. The predicted octanol–water partition coefficient (Wildman–Crippen LogP) is 3.87. The van der Waals surface area contributed by atoms with Crippen molar-refractivity contribution >= 4 is 29.1 Å². The van der Waals surface area contributed by atoms with Crippen molar-refractivity contribution in [3.05, 3.63) is 82.6 Å². The van der Waals surface area contributed by atoms with E-state index in [0.29, 0.717) is 34.3 Å². The highest BCUT2D eigenvalue weighted by Gasteiger charge is 2.10. The third-order valence-corrected chi connectivity index (χ3v) is 3.97. The van der Waals surface area contributed by atoms with E-state index in [4.69, 9.17) is 16.9 Å². The van der Waals surface area contributed by atoms with Crippen molar-refractivity contribution in [2.45, 2.75) is 6.54 Å². The predicted molar refractivity (Wildman–Crippen MR) is 99.9 cm³/mol. The number of hydrogen-bond acceptors (Lipinski definition) is 5. The summed E-state index contributed by atoms with van der Waals surface area (Å²) in [5, 5.41) is 15.5. The van der Waals surface area contributed by atoms with Crippen LogP contribution in [0.2, 0.25) is 5.02 Å². The van der Waals surface area contributed by atoms with Gasteiger partial charge in [0, 0.05) is 24.0 Å². The Kier molecular flexibility index (Phi) is 5.42. The highest BCUT2D eigenvalue weighted by atomic mass is 35.5. The lowest BCUT2D eigenvalue weighted by Crippen LogP contribution is -2.14. The summed E-state index contributed by atoms with van der Waals surface area (Å²) >= 11 is 6.10. The first-order chi connectivity index (χ1) is 12.7. The summed E-state index contributed by atoms with van der Waals surface area (Å²) in [7, 11) is 0. The van der Waals surface area contributed by atoms with Gasteiger partial charge in [-0.05, 0) is 23.8 Å². The van der Waals surface area contributed by atoms with Crippen molar-refractivity contribution in [3.63, 3.8) is 0 Å². The van der Waals surface area contributed by atoms with Crippen molar-refractivity contribution in [1.29, 1.82) is 5.26 Å². The van der Waals surface area contributed by atoms with E-state index in [1.165, 1.54) is 12.4 Å². The Morgan fingerprint density at radius 2 is 1.77 bits per heavy atom. The zero-order valence-electron chi connectivity index (χ0n) is 13.6. The molecular formula is C19H14ClN5O. The van der Waals surface area contributed by atoms with Crippen molar-refractivity contribution in [2.24, 2.45) is 0 Å². The molecule has 7 heteroatoms. The van der Waals surface area contributed by atoms with Crippen molar-refractivity contribution in [3.8, 4) is 6.07 Å². The second kappa shape index (κ2) is 8.10. The van der Waals surface area contributed by atoms with Crippen LogP contribution in [0.15, 0.2) is 60.9 Å². The molecule has 0 aliphatic heterocycles. The van der Waals surface area contributed by atoms with Crippen LogP contribution in [0.4, 0.5) is 11.6 Å². The zero-order chi connectivity index (χ0) is 18.4. The summed E-state index contributed by atoms with van der Waals surface area (Å²) < 4.78 is 0. The quantitative estimate of drug-likeness (QED) is 0.718. The summed E-state index contributed by atoms with van der Waals surface area (Å²) in [4.78, 5) is 20.6. The first-order valence-corrected chi connectivity index (χ1v) is 8.15. The van der Waals surface area contributed by atoms with Crippen LogP contribution in [0.5, 0.6) is 0 Å². The summed E-state index contributed by atoms with van der Waals surface area (Å²) in [6.07, 6.45) is 2.85. The maximum absolute atomic E-state index is 12.3. The molecular weight excluding hydrogens is 350 g/mol. The minimum absolute atomic E-state index is 0.293. The van der Waals surface area contributed by atoms with Gasteiger partial charge >= 0.3 is 0 Å². The van der Waals surface area contributed by atoms with E-state index >= 15 is 0 Å². The molecule has 2 aromatic carbocycles. The summed E-state index contributed by atoms with van der Waals surface area (Å²) in [6.45, 7) is 0.473. The molecule has 0 fully saturated rings. The standard InChI is InChI=1S/C19H14ClN5O/c20-16-7-3-1-6-14(16)10-22-19-23-11-15(12-24-19)18(26)25-17-8-4-2-5-13(17)9-21/h1-8,11-12H,10H2,(H,25,26)(H,22,23,24). The Labute approximate surface area is 155 Å². The summed E-state index contributed by atoms with van der Waals surface area (Å²) in [5.74, 6) is 0.00393. The van der Waals surface area contributed by atoms with Crippen molar-refractivity contribution < 1.29 is 4.79 Å². The molecule has 3 aromatic rings. The third kappa shape index (κ3) is 4.15. The molecule has 0 saturated heterocycles. The molecule has 2 N–H and O–H groups in total. The number of aromatic nitrogens is 2. The number of carbonyl (C=O) groups is 1. The first kappa shape index (κ1) is 17.4. The molecule has 0 bridgehead atoms. The molecule has 1 amide bonds. The van der Waals surface area contributed by atoms with Crippen LogP contribution >= 0.6 is 11.6 Å². The fourth-order valence-corrected chi connectivity index (χ4v) is 2.44. The maximum atomic E-state index is 12.3. The monoisotopic (exact) mass is 363 g/mol. The van der Waals surface area contributed by atoms with E-state index < -0.39 is 0 Å². The molecule has 0 aliphatic carbocycles. The van der Waals surface area contributed by atoms with Gasteiger partial charge in [-0.3, -0.25) is 4.79 Å². The van der Waals surface area contributed by atoms with Crippen LogP contribution in [-0.4, -0.2) is 15.9 Å². The van der Waals surface area contributed by atoms with Crippen LogP contribution < -0.4 is 10.6 Å². The number of amides is 1. The number of hydrogen-bond donors (Lipinski definition) is 2. The van der Waals surface area contributed by atoms with Crippen molar-refractivity contribution in [1.82, 2.24) is 9.97 Å². The molecule has 26 heavy (non-hydrogen) atoms. The Morgan fingerprint density at radius 1 is 1.08 bits per heavy atom. The molecule has 0 saturated carbocycles. The van der Waals surface area contributed by atoms with Gasteiger partial charge in [0.05, 0.1) is 16.8 Å². The maximum Gasteiger partial charge on any atom is 0.258 e. The van der Waals surface area contributed by atoms with Gasteiger partial charge < -0.3 is 10.6 Å². The minimum Gasteiger partial charge on any atom is -0.350 e. The lowest BCUT2D eigenvalue weighted by molar-refractivity contribution is 0.102. The lowest BCUT2D eigenvalue weighted by atomic mass is 10.2. The fraction of sp³-hybridized carbons (Fsp3) is 0.0526. The first-order valence-electron chi connectivity index (χ1n) is 7.77. The van der Waals surface area contributed by atoms with E-state index in [1.54, 1.807) is 24.3 Å². The second-order valence-corrected chi connectivity index (χ2v) is 5.76. The van der Waals surface area contributed by atoms with E-state index in [9.17, 15) is 4.79 Å². The number of nitrogens with zero attached hydrogens (tertiary/aromatic N) is 3. The molecule has 6 nitrogen and oxygen atoms in total. The molecule has 0 unspecified atom stereocenters. The summed E-state index contributed by atoms with van der Waals surface area (Å²) in [6, 6.07) is 16.3. The zero-order valence-corrected chi connectivity index (χ0v) is 14.4. The van der Waals surface area contributed by atoms with Crippen molar-refractivity contribution in [2.75, 3.05) is 10.6 Å². The number of para-hydroxylation sites is 1. The normalized spacial score (nSPS) is 10.0. The number of halogens is 1. The molecule has 1 heterocycles. The second-order valence-electron chi connectivity index (χ2n) is 5.35. The number of rotatable bonds is 5. The van der Waals surface area contributed by atoms with Gasteiger partial charge in [-0.25, -0.2) is 9.97 Å². The van der Waals surface area contributed by atoms with E-state index in [-0.39, 0.29) is 5.91 Å². The van der Waals surface area contributed by atoms with Gasteiger partial charge in [0.2, 0.25) is 5.95 Å². The van der Waals surface area contributed by atoms with Gasteiger partial charge in [0.25, 0.3) is 5.91 Å². The molecule has 1 aromatic heterocycles. The Bertz CT molecular complexity index is 966. The molecule has 0 atom stereocenters. The molecule has 0 aliphatic rings. The van der Waals surface area contributed by atoms with Crippen LogP contribution in [0.1, 0.15) is 21.5 Å². The smallest absolute Gasteiger partial charge is 0.258 e. The minimum atomic E-state index is -0.384. The number of carbonyl (C=O) groups excluding carboxylic acids is 1. The SMILES string of the molecule is N#Cc1ccccc1NC(=O)c1cnc(NCc2ccccc2Cl)nc1. The molecule has 0 radical (unpaired) electrons. The topological polar surface area (TPSA) is 90.7 Å². The highest BCUT2D eigenvalue weighted by Crippen LogP contribution is 2.17. The number of nitrogens with one attached hydrogen (secondary N) is 2. The lowest BCUT2D eigenvalue weighted by Gasteiger charge is -2.08. The molecule has 3 rings (SSSR count). The summed E-state index contributed by atoms with van der Waals surface area (Å²) in [5.41, 5.74) is 2.05. The number of benzene rings is 2. The third-order valence-electron chi connectivity index (χ3n) is 3.60. The van der Waals surface area contributed by atoms with E-state index in [2.05, 4.69) is 20.6 Å². The molecule has 128 valence electrons. The fourth-order valence-electron chi connectivity index (χ4n) is 2.24. The van der Waals surface area contributed by atoms with E-state index in [0.717, 1.165) is 5.56 Å². The van der Waals surface area contributed by atoms with Gasteiger partial charge in [-0.2, -0.15) is 5.26 Å². The highest BCUT2D eigenvalue weighted by molar-refractivity contribution is 6.31.